The average Bonchev–Trinajstić information content (AvgIpc) is 2.65. The molecule has 0 unspecified atom stereocenters. The molecule has 0 bridgehead atoms. The van der Waals surface area contributed by atoms with Gasteiger partial charge in [0.25, 0.3) is 0 Å². The SMILES string of the molecule is CC(C)OP(=O)(CC(=O)C1=CC=CC1)OC(C)C. The molecule has 1 aliphatic rings. The molecule has 0 amide bonds. The van der Waals surface area contributed by atoms with E-state index in [1.165, 1.54) is 0 Å². The largest absolute Gasteiger partial charge is 0.338 e. The van der Waals surface area contributed by atoms with Crippen molar-refractivity contribution in [1.82, 2.24) is 0 Å². The molecule has 18 heavy (non-hydrogen) atoms. The lowest BCUT2D eigenvalue weighted by atomic mass is 10.2. The zero-order valence-corrected chi connectivity index (χ0v) is 12.3. The molecule has 0 aromatic carbocycles. The van der Waals surface area contributed by atoms with Crippen molar-refractivity contribution in [1.29, 1.82) is 0 Å². The molecule has 4 nitrogen and oxygen atoms in total. The maximum absolute atomic E-state index is 12.5. The molecule has 0 aromatic heterocycles. The smallest absolute Gasteiger partial charge is 0.305 e. The van der Waals surface area contributed by atoms with Crippen molar-refractivity contribution in [3.8, 4) is 0 Å². The Morgan fingerprint density at radius 2 is 1.83 bits per heavy atom. The third kappa shape index (κ3) is 4.89. The fourth-order valence-electron chi connectivity index (χ4n) is 1.67. The standard InChI is InChI=1S/C13H21O4P/c1-10(2)16-18(15,17-11(3)4)9-13(14)12-7-5-6-8-12/h5-7,10-11H,8-9H2,1-4H3. The molecule has 1 rings (SSSR count). The predicted octanol–water partition coefficient (Wildman–Crippen LogP) is 3.48. The van der Waals surface area contributed by atoms with Crippen molar-refractivity contribution in [2.24, 2.45) is 0 Å². The van der Waals surface area contributed by atoms with Crippen molar-refractivity contribution in [3.63, 3.8) is 0 Å². The Morgan fingerprint density at radius 1 is 1.28 bits per heavy atom. The normalized spacial score (nSPS) is 15.6. The maximum atomic E-state index is 12.5. The molecule has 0 heterocycles. The van der Waals surface area contributed by atoms with Crippen LogP contribution in [0.15, 0.2) is 23.8 Å². The summed E-state index contributed by atoms with van der Waals surface area (Å²) in [6.45, 7) is 7.10. The van der Waals surface area contributed by atoms with E-state index in [2.05, 4.69) is 0 Å². The lowest BCUT2D eigenvalue weighted by Gasteiger charge is -2.22. The highest BCUT2D eigenvalue weighted by Gasteiger charge is 2.32. The van der Waals surface area contributed by atoms with Gasteiger partial charge in [-0.15, -0.1) is 0 Å². The number of hydrogen-bond acceptors (Lipinski definition) is 4. The summed E-state index contributed by atoms with van der Waals surface area (Å²) in [5.41, 5.74) is 0.662. The second kappa shape index (κ2) is 6.46. The molecule has 0 radical (unpaired) electrons. The van der Waals surface area contributed by atoms with Crippen molar-refractivity contribution in [3.05, 3.63) is 23.8 Å². The lowest BCUT2D eigenvalue weighted by molar-refractivity contribution is -0.113. The molecule has 1 aliphatic carbocycles. The molecular formula is C13H21O4P. The average molecular weight is 272 g/mol. The van der Waals surface area contributed by atoms with Crippen LogP contribution in [-0.2, 0) is 18.4 Å². The van der Waals surface area contributed by atoms with Gasteiger partial charge in [-0.3, -0.25) is 9.36 Å². The van der Waals surface area contributed by atoms with E-state index in [9.17, 15) is 9.36 Å². The van der Waals surface area contributed by atoms with Crippen LogP contribution in [0.25, 0.3) is 0 Å². The summed E-state index contributed by atoms with van der Waals surface area (Å²) in [5, 5.41) is 0. The van der Waals surface area contributed by atoms with E-state index < -0.39 is 7.60 Å². The van der Waals surface area contributed by atoms with Crippen LogP contribution in [0.2, 0.25) is 0 Å². The molecule has 0 aromatic rings. The van der Waals surface area contributed by atoms with E-state index in [1.807, 2.05) is 12.2 Å². The number of ketones is 1. The van der Waals surface area contributed by atoms with Gasteiger partial charge in [-0.1, -0.05) is 18.2 Å². The van der Waals surface area contributed by atoms with Gasteiger partial charge in [-0.05, 0) is 39.7 Å². The number of carbonyl (C=O) groups is 1. The zero-order chi connectivity index (χ0) is 13.8. The highest BCUT2D eigenvalue weighted by molar-refractivity contribution is 7.55. The van der Waals surface area contributed by atoms with Crippen LogP contribution in [0.1, 0.15) is 34.1 Å². The van der Waals surface area contributed by atoms with Crippen molar-refractivity contribution < 1.29 is 18.4 Å². The monoisotopic (exact) mass is 272 g/mol. The van der Waals surface area contributed by atoms with Crippen LogP contribution in [0.4, 0.5) is 0 Å². The first kappa shape index (κ1) is 15.4. The molecule has 5 heteroatoms. The summed E-state index contributed by atoms with van der Waals surface area (Å²) < 4.78 is 23.2. The van der Waals surface area contributed by atoms with Crippen LogP contribution in [0, 0.1) is 0 Å². The van der Waals surface area contributed by atoms with E-state index in [-0.39, 0.29) is 24.2 Å². The summed E-state index contributed by atoms with van der Waals surface area (Å²) >= 11 is 0. The molecule has 0 N–H and O–H groups in total. The second-order valence-corrected chi connectivity index (χ2v) is 6.78. The van der Waals surface area contributed by atoms with Crippen LogP contribution >= 0.6 is 7.60 Å². The second-order valence-electron chi connectivity index (χ2n) is 4.82. The quantitative estimate of drug-likeness (QED) is 0.666. The highest BCUT2D eigenvalue weighted by Crippen LogP contribution is 2.50. The van der Waals surface area contributed by atoms with Crippen LogP contribution in [0.3, 0.4) is 0 Å². The van der Waals surface area contributed by atoms with Gasteiger partial charge < -0.3 is 9.05 Å². The van der Waals surface area contributed by atoms with Crippen LogP contribution in [0.5, 0.6) is 0 Å². The number of allylic oxidation sites excluding steroid dienone is 4. The maximum Gasteiger partial charge on any atom is 0.338 e. The minimum absolute atomic E-state index is 0.162. The van der Waals surface area contributed by atoms with Gasteiger partial charge in [-0.2, -0.15) is 0 Å². The fourth-order valence-corrected chi connectivity index (χ4v) is 3.71. The number of rotatable bonds is 7. The number of Topliss-reactive ketones (excluding diaryl/α,β-unsaturated/α-hetero) is 1. The Hall–Kier alpha value is -0.700. The summed E-state index contributed by atoms with van der Waals surface area (Å²) in [4.78, 5) is 12.0. The van der Waals surface area contributed by atoms with Gasteiger partial charge in [0.1, 0.15) is 6.16 Å². The molecule has 0 spiro atoms. The first-order valence-corrected chi connectivity index (χ1v) is 7.90. The Kier molecular flexibility index (Phi) is 5.51. The Bertz CT molecular complexity index is 393. The fraction of sp³-hybridized carbons (Fsp3) is 0.615. The van der Waals surface area contributed by atoms with E-state index >= 15 is 0 Å². The van der Waals surface area contributed by atoms with Gasteiger partial charge in [0.15, 0.2) is 5.78 Å². The molecule has 102 valence electrons. The van der Waals surface area contributed by atoms with Crippen LogP contribution in [-0.4, -0.2) is 24.2 Å². The van der Waals surface area contributed by atoms with Crippen molar-refractivity contribution >= 4 is 13.4 Å². The summed E-state index contributed by atoms with van der Waals surface area (Å²) in [6, 6.07) is 0. The Labute approximate surface area is 109 Å². The first-order chi connectivity index (χ1) is 8.32. The molecule has 0 aliphatic heterocycles. The van der Waals surface area contributed by atoms with E-state index in [0.717, 1.165) is 0 Å². The third-order valence-corrected chi connectivity index (χ3v) is 4.37. The Balaban J connectivity index is 2.71. The number of carbonyl (C=O) groups excluding carboxylic acids is 1. The van der Waals surface area contributed by atoms with Crippen molar-refractivity contribution in [2.75, 3.05) is 6.16 Å². The molecular weight excluding hydrogens is 251 g/mol. The van der Waals surface area contributed by atoms with Gasteiger partial charge in [0.05, 0.1) is 12.2 Å². The Morgan fingerprint density at radius 3 is 2.22 bits per heavy atom. The third-order valence-electron chi connectivity index (χ3n) is 2.21. The van der Waals surface area contributed by atoms with Crippen LogP contribution < -0.4 is 0 Å². The molecule has 0 saturated heterocycles. The molecule has 0 saturated carbocycles. The summed E-state index contributed by atoms with van der Waals surface area (Å²) in [7, 11) is -3.36. The topological polar surface area (TPSA) is 52.6 Å². The van der Waals surface area contributed by atoms with E-state index in [1.54, 1.807) is 33.8 Å². The highest BCUT2D eigenvalue weighted by atomic mass is 31.2. The first-order valence-electron chi connectivity index (χ1n) is 6.17. The van der Waals surface area contributed by atoms with E-state index in [4.69, 9.17) is 9.05 Å². The van der Waals surface area contributed by atoms with Gasteiger partial charge in [0, 0.05) is 0 Å². The minimum Gasteiger partial charge on any atom is -0.305 e. The zero-order valence-electron chi connectivity index (χ0n) is 11.4. The van der Waals surface area contributed by atoms with Gasteiger partial charge >= 0.3 is 7.60 Å². The van der Waals surface area contributed by atoms with E-state index in [0.29, 0.717) is 12.0 Å². The number of hydrogen-bond donors (Lipinski definition) is 0. The predicted molar refractivity (Wildman–Crippen MR) is 71.8 cm³/mol. The minimum atomic E-state index is -3.36. The van der Waals surface area contributed by atoms with Gasteiger partial charge in [-0.25, -0.2) is 0 Å². The lowest BCUT2D eigenvalue weighted by Crippen LogP contribution is -2.16. The summed E-state index contributed by atoms with van der Waals surface area (Å²) in [6.07, 6.45) is 5.41. The molecule has 0 fully saturated rings. The summed E-state index contributed by atoms with van der Waals surface area (Å²) in [5.74, 6) is -0.162. The molecule has 0 atom stereocenters. The van der Waals surface area contributed by atoms with Crippen molar-refractivity contribution in [2.45, 2.75) is 46.3 Å². The van der Waals surface area contributed by atoms with Gasteiger partial charge in [0.2, 0.25) is 0 Å².